The normalized spacial score (nSPS) is 13.3. The number of nitrogens with two attached hydrogens (primary N) is 1. The summed E-state index contributed by atoms with van der Waals surface area (Å²) >= 11 is 0. The molecule has 0 saturated carbocycles. The molecule has 0 bridgehead atoms. The van der Waals surface area contributed by atoms with E-state index in [9.17, 15) is 9.90 Å². The number of phenols is 2. The van der Waals surface area contributed by atoms with Crippen molar-refractivity contribution < 1.29 is 32.2 Å². The molecule has 18 heavy (non-hydrogen) atoms. The molecule has 1 atom stereocenters. The summed E-state index contributed by atoms with van der Waals surface area (Å²) in [6, 6.07) is 4.32. The number of ether oxygens (including phenoxy) is 1. The fourth-order valence-electron chi connectivity index (χ4n) is 1.47. The maximum atomic E-state index is 11.6. The Balaban J connectivity index is 0.00000289. The summed E-state index contributed by atoms with van der Waals surface area (Å²) in [5, 5.41) is 18.5. The molecule has 102 valence electrons. The Kier molecular flexibility index (Phi) is 5.94. The van der Waals surface area contributed by atoms with Gasteiger partial charge in [0.05, 0.1) is 6.61 Å². The van der Waals surface area contributed by atoms with E-state index in [1.54, 1.807) is 19.9 Å². The molecule has 0 aromatic heterocycles. The fourth-order valence-corrected chi connectivity index (χ4v) is 1.47. The van der Waals surface area contributed by atoms with Crippen molar-refractivity contribution in [1.82, 2.24) is 0 Å². The molecular weight excluding hydrogens is 258 g/mol. The van der Waals surface area contributed by atoms with Crippen LogP contribution in [-0.4, -0.2) is 28.3 Å². The van der Waals surface area contributed by atoms with Gasteiger partial charge in [0.15, 0.2) is 11.5 Å². The van der Waals surface area contributed by atoms with Crippen molar-refractivity contribution in [2.45, 2.75) is 25.8 Å². The Labute approximate surface area is 112 Å². The highest BCUT2D eigenvalue weighted by atomic mass is 35.5. The van der Waals surface area contributed by atoms with Crippen LogP contribution in [0.15, 0.2) is 18.2 Å². The van der Waals surface area contributed by atoms with Crippen molar-refractivity contribution >= 4 is 5.97 Å². The number of carbonyl (C=O) groups excluding carboxylic acids is 1. The zero-order chi connectivity index (χ0) is 13.1. The van der Waals surface area contributed by atoms with Crippen LogP contribution in [0.3, 0.4) is 0 Å². The van der Waals surface area contributed by atoms with Crippen LogP contribution in [0.25, 0.3) is 0 Å². The number of esters is 1. The molecule has 0 aliphatic carbocycles. The van der Waals surface area contributed by atoms with Gasteiger partial charge in [0.1, 0.15) is 5.54 Å². The fraction of sp³-hybridized carbons (Fsp3) is 0.417. The topological polar surface area (TPSA) is 92.8 Å². The van der Waals surface area contributed by atoms with Crippen molar-refractivity contribution in [3.8, 4) is 11.5 Å². The minimum absolute atomic E-state index is 0. The van der Waals surface area contributed by atoms with Gasteiger partial charge < -0.3 is 33.1 Å². The highest BCUT2D eigenvalue weighted by Crippen LogP contribution is 2.26. The Morgan fingerprint density at radius 2 is 2.00 bits per heavy atom. The van der Waals surface area contributed by atoms with Crippen LogP contribution in [0.4, 0.5) is 0 Å². The number of hydrogen-bond acceptors (Lipinski definition) is 5. The second kappa shape index (κ2) is 6.47. The van der Waals surface area contributed by atoms with Crippen LogP contribution in [-0.2, 0) is 16.0 Å². The molecule has 0 radical (unpaired) electrons. The molecular formula is C12H17ClNO4-. The van der Waals surface area contributed by atoms with Crippen molar-refractivity contribution in [1.29, 1.82) is 0 Å². The summed E-state index contributed by atoms with van der Waals surface area (Å²) in [4.78, 5) is 11.6. The van der Waals surface area contributed by atoms with Gasteiger partial charge >= 0.3 is 5.97 Å². The minimum atomic E-state index is -1.15. The summed E-state index contributed by atoms with van der Waals surface area (Å²) in [6.45, 7) is 3.54. The number of halogens is 1. The van der Waals surface area contributed by atoms with E-state index < -0.39 is 11.5 Å². The minimum Gasteiger partial charge on any atom is -1.00 e. The number of phenolic OH excluding ortho intramolecular Hbond substituents is 2. The maximum absolute atomic E-state index is 11.6. The molecule has 0 heterocycles. The average Bonchev–Trinajstić information content (AvgIpc) is 2.23. The van der Waals surface area contributed by atoms with Crippen LogP contribution < -0.4 is 18.1 Å². The van der Waals surface area contributed by atoms with Crippen molar-refractivity contribution in [2.75, 3.05) is 6.61 Å². The highest BCUT2D eigenvalue weighted by Gasteiger charge is 2.30. The van der Waals surface area contributed by atoms with E-state index in [1.165, 1.54) is 12.1 Å². The molecule has 4 N–H and O–H groups in total. The lowest BCUT2D eigenvalue weighted by molar-refractivity contribution is -0.148. The third-order valence-corrected chi connectivity index (χ3v) is 2.35. The van der Waals surface area contributed by atoms with E-state index in [4.69, 9.17) is 15.6 Å². The largest absolute Gasteiger partial charge is 1.00 e. The molecule has 0 spiro atoms. The Bertz CT molecular complexity index is 421. The Morgan fingerprint density at radius 3 is 2.50 bits per heavy atom. The second-order valence-corrected chi connectivity index (χ2v) is 4.14. The maximum Gasteiger partial charge on any atom is 0.326 e. The summed E-state index contributed by atoms with van der Waals surface area (Å²) in [5.74, 6) is -0.932. The zero-order valence-electron chi connectivity index (χ0n) is 10.3. The molecule has 0 unspecified atom stereocenters. The molecule has 1 rings (SSSR count). The number of aromatic hydroxyl groups is 2. The summed E-state index contributed by atoms with van der Waals surface area (Å²) in [7, 11) is 0. The van der Waals surface area contributed by atoms with Crippen LogP contribution in [0, 0.1) is 0 Å². The first-order valence-electron chi connectivity index (χ1n) is 5.34. The van der Waals surface area contributed by atoms with Crippen LogP contribution in [0.2, 0.25) is 0 Å². The van der Waals surface area contributed by atoms with E-state index in [0.29, 0.717) is 5.56 Å². The standard InChI is InChI=1S/C12H17NO4.ClH/c1-3-17-11(16)12(2,13)7-8-4-5-9(14)10(15)6-8;/h4-6,14-15H,3,7,13H2,1-2H3;1H/p-1/t12-;/m0./s1. The lowest BCUT2D eigenvalue weighted by Gasteiger charge is -2.22. The molecule has 0 amide bonds. The van der Waals surface area contributed by atoms with Gasteiger partial charge in [0.25, 0.3) is 0 Å². The Hall–Kier alpha value is -1.46. The SMILES string of the molecule is CCOC(=O)[C@@](C)(N)Cc1ccc(O)c(O)c1.[Cl-]. The molecule has 0 fully saturated rings. The van der Waals surface area contributed by atoms with Gasteiger partial charge in [-0.2, -0.15) is 0 Å². The molecule has 0 saturated heterocycles. The molecule has 6 heteroatoms. The van der Waals surface area contributed by atoms with Crippen LogP contribution >= 0.6 is 0 Å². The average molecular weight is 275 g/mol. The number of rotatable bonds is 4. The molecule has 0 aliphatic heterocycles. The van der Waals surface area contributed by atoms with Gasteiger partial charge in [-0.1, -0.05) is 6.07 Å². The first-order valence-corrected chi connectivity index (χ1v) is 5.34. The molecule has 1 aromatic rings. The van der Waals surface area contributed by atoms with Gasteiger partial charge in [0, 0.05) is 6.42 Å². The zero-order valence-corrected chi connectivity index (χ0v) is 11.1. The first-order chi connectivity index (χ1) is 7.86. The highest BCUT2D eigenvalue weighted by molar-refractivity contribution is 5.80. The lowest BCUT2D eigenvalue weighted by atomic mass is 9.94. The number of hydrogen-bond donors (Lipinski definition) is 3. The quantitative estimate of drug-likeness (QED) is 0.433. The van der Waals surface area contributed by atoms with E-state index in [2.05, 4.69) is 0 Å². The number of benzene rings is 1. The van der Waals surface area contributed by atoms with Gasteiger partial charge in [0.2, 0.25) is 0 Å². The predicted molar refractivity (Wildman–Crippen MR) is 62.7 cm³/mol. The lowest BCUT2D eigenvalue weighted by Crippen LogP contribution is -3.00. The smallest absolute Gasteiger partial charge is 0.326 e. The number of carbonyl (C=O) groups is 1. The van der Waals surface area contributed by atoms with Crippen LogP contribution in [0.5, 0.6) is 11.5 Å². The predicted octanol–water partition coefficient (Wildman–Crippen LogP) is -2.08. The van der Waals surface area contributed by atoms with Gasteiger partial charge in [-0.05, 0) is 31.5 Å². The van der Waals surface area contributed by atoms with Crippen molar-refractivity contribution in [2.24, 2.45) is 5.73 Å². The monoisotopic (exact) mass is 274 g/mol. The summed E-state index contributed by atoms with van der Waals surface area (Å²) < 4.78 is 4.86. The molecule has 0 aliphatic rings. The van der Waals surface area contributed by atoms with Gasteiger partial charge in [-0.25, -0.2) is 0 Å². The molecule has 1 aromatic carbocycles. The second-order valence-electron chi connectivity index (χ2n) is 4.14. The first kappa shape index (κ1) is 16.5. The van der Waals surface area contributed by atoms with E-state index >= 15 is 0 Å². The Morgan fingerprint density at radius 1 is 1.39 bits per heavy atom. The van der Waals surface area contributed by atoms with E-state index in [0.717, 1.165) is 0 Å². The summed E-state index contributed by atoms with van der Waals surface area (Å²) in [5.41, 5.74) is 5.35. The van der Waals surface area contributed by atoms with E-state index in [-0.39, 0.29) is 36.9 Å². The van der Waals surface area contributed by atoms with E-state index in [1.807, 2.05) is 0 Å². The third kappa shape index (κ3) is 4.09. The van der Waals surface area contributed by atoms with Gasteiger partial charge in [-0.3, -0.25) is 4.79 Å². The molecule has 5 nitrogen and oxygen atoms in total. The van der Waals surface area contributed by atoms with Crippen molar-refractivity contribution in [3.63, 3.8) is 0 Å². The third-order valence-electron chi connectivity index (χ3n) is 2.35. The van der Waals surface area contributed by atoms with Crippen molar-refractivity contribution in [3.05, 3.63) is 23.8 Å². The van der Waals surface area contributed by atoms with Gasteiger partial charge in [-0.15, -0.1) is 0 Å². The van der Waals surface area contributed by atoms with Crippen LogP contribution in [0.1, 0.15) is 19.4 Å². The summed E-state index contributed by atoms with van der Waals surface area (Å²) in [6.07, 6.45) is 0.222.